The number of nitrogens with zero attached hydrogens (tertiary/aromatic N) is 2. The van der Waals surface area contributed by atoms with Crippen molar-refractivity contribution < 1.29 is 0 Å². The Balaban J connectivity index is 1.60. The minimum atomic E-state index is 1.17. The summed E-state index contributed by atoms with van der Waals surface area (Å²) in [6.45, 7) is 0. The van der Waals surface area contributed by atoms with Gasteiger partial charge in [-0.25, -0.2) is 0 Å². The van der Waals surface area contributed by atoms with Gasteiger partial charge in [0.2, 0.25) is 0 Å². The molecule has 0 spiro atoms. The molecule has 0 saturated heterocycles. The maximum Gasteiger partial charge on any atom is 0.0547 e. The predicted octanol–water partition coefficient (Wildman–Crippen LogP) is 8.39. The molecular formula is C32H22N2. The summed E-state index contributed by atoms with van der Waals surface area (Å²) in [6, 6.07) is 45.3. The van der Waals surface area contributed by atoms with Crippen molar-refractivity contribution in [1.82, 2.24) is 9.13 Å². The highest BCUT2D eigenvalue weighted by atomic mass is 15.0. The van der Waals surface area contributed by atoms with E-state index >= 15 is 0 Å². The van der Waals surface area contributed by atoms with Crippen LogP contribution in [0.25, 0.3) is 55.2 Å². The van der Waals surface area contributed by atoms with E-state index in [1.54, 1.807) is 0 Å². The molecule has 0 aliphatic carbocycles. The lowest BCUT2D eigenvalue weighted by Gasteiger charge is -2.08. The van der Waals surface area contributed by atoms with Crippen molar-refractivity contribution in [3.8, 4) is 22.5 Å². The van der Waals surface area contributed by atoms with Crippen LogP contribution in [-0.2, 0) is 0 Å². The van der Waals surface area contributed by atoms with Crippen LogP contribution in [0, 0.1) is 0 Å². The number of hydrogen-bond acceptors (Lipinski definition) is 0. The summed E-state index contributed by atoms with van der Waals surface area (Å²) in [5, 5.41) is 3.82. The monoisotopic (exact) mass is 434 g/mol. The molecule has 2 aromatic heterocycles. The standard InChI is InChI=1S/C32H22N2/c1-3-12-23(13-4-1)33-22-28(25-16-7-9-19-29(25)33)26-18-11-21-31-32(26)27-17-8-10-20-30(27)34(31)24-14-5-2-6-15-24/h1-22H. The number of para-hydroxylation sites is 4. The molecule has 0 unspecified atom stereocenters. The lowest BCUT2D eigenvalue weighted by Crippen LogP contribution is -1.92. The maximum absolute atomic E-state index is 2.38. The molecule has 0 fully saturated rings. The molecule has 7 rings (SSSR count). The van der Waals surface area contributed by atoms with Gasteiger partial charge in [-0.1, -0.05) is 84.9 Å². The third-order valence-electron chi connectivity index (χ3n) is 6.75. The van der Waals surface area contributed by atoms with Crippen molar-refractivity contribution in [1.29, 1.82) is 0 Å². The molecular weight excluding hydrogens is 412 g/mol. The van der Waals surface area contributed by atoms with Crippen molar-refractivity contribution in [3.63, 3.8) is 0 Å². The van der Waals surface area contributed by atoms with E-state index in [0.29, 0.717) is 0 Å². The Bertz CT molecular complexity index is 1790. The minimum absolute atomic E-state index is 1.17. The first-order chi connectivity index (χ1) is 16.9. The Morgan fingerprint density at radius 3 is 1.74 bits per heavy atom. The van der Waals surface area contributed by atoms with E-state index in [9.17, 15) is 0 Å². The summed E-state index contributed by atoms with van der Waals surface area (Å²) in [7, 11) is 0. The van der Waals surface area contributed by atoms with Crippen LogP contribution in [0.4, 0.5) is 0 Å². The highest BCUT2D eigenvalue weighted by Crippen LogP contribution is 2.41. The molecule has 5 aromatic carbocycles. The van der Waals surface area contributed by atoms with Crippen molar-refractivity contribution in [3.05, 3.63) is 134 Å². The van der Waals surface area contributed by atoms with Crippen LogP contribution in [0.1, 0.15) is 0 Å². The Morgan fingerprint density at radius 2 is 0.971 bits per heavy atom. The SMILES string of the molecule is c1ccc(-n2cc(-c3cccc4c3c3ccccc3n4-c3ccccc3)c3ccccc32)cc1. The van der Waals surface area contributed by atoms with E-state index < -0.39 is 0 Å². The first-order valence-electron chi connectivity index (χ1n) is 11.6. The number of fused-ring (bicyclic) bond motifs is 4. The highest BCUT2D eigenvalue weighted by Gasteiger charge is 2.18. The number of hydrogen-bond donors (Lipinski definition) is 0. The normalized spacial score (nSPS) is 11.5. The Morgan fingerprint density at radius 1 is 0.382 bits per heavy atom. The molecule has 0 atom stereocenters. The lowest BCUT2D eigenvalue weighted by molar-refractivity contribution is 1.13. The van der Waals surface area contributed by atoms with Gasteiger partial charge in [-0.2, -0.15) is 0 Å². The zero-order valence-electron chi connectivity index (χ0n) is 18.6. The number of aromatic nitrogens is 2. The Hall–Kier alpha value is -4.56. The molecule has 7 aromatic rings. The van der Waals surface area contributed by atoms with E-state index in [-0.39, 0.29) is 0 Å². The molecule has 2 nitrogen and oxygen atoms in total. The smallest absolute Gasteiger partial charge is 0.0547 e. The second-order valence-corrected chi connectivity index (χ2v) is 8.65. The minimum Gasteiger partial charge on any atom is -0.316 e. The first kappa shape index (κ1) is 19.0. The second kappa shape index (κ2) is 7.50. The molecule has 2 heterocycles. The van der Waals surface area contributed by atoms with Gasteiger partial charge in [0.15, 0.2) is 0 Å². The van der Waals surface area contributed by atoms with Gasteiger partial charge in [-0.3, -0.25) is 0 Å². The van der Waals surface area contributed by atoms with Gasteiger partial charge in [0.25, 0.3) is 0 Å². The second-order valence-electron chi connectivity index (χ2n) is 8.65. The summed E-state index contributed by atoms with van der Waals surface area (Å²) < 4.78 is 4.68. The predicted molar refractivity (Wildman–Crippen MR) is 143 cm³/mol. The van der Waals surface area contributed by atoms with Gasteiger partial charge in [0, 0.05) is 39.3 Å². The van der Waals surface area contributed by atoms with Gasteiger partial charge in [0.1, 0.15) is 0 Å². The lowest BCUT2D eigenvalue weighted by atomic mass is 9.99. The van der Waals surface area contributed by atoms with Gasteiger partial charge in [-0.05, 0) is 48.0 Å². The molecule has 0 amide bonds. The average Bonchev–Trinajstić information content (AvgIpc) is 3.46. The Kier molecular flexibility index (Phi) is 4.18. The fraction of sp³-hybridized carbons (Fsp3) is 0. The van der Waals surface area contributed by atoms with Gasteiger partial charge >= 0.3 is 0 Å². The van der Waals surface area contributed by atoms with Crippen molar-refractivity contribution in [2.75, 3.05) is 0 Å². The molecule has 0 aliphatic rings. The quantitative estimate of drug-likeness (QED) is 0.264. The molecule has 0 saturated carbocycles. The van der Waals surface area contributed by atoms with Crippen LogP contribution in [0.2, 0.25) is 0 Å². The van der Waals surface area contributed by atoms with E-state index in [1.165, 1.54) is 55.2 Å². The van der Waals surface area contributed by atoms with Crippen LogP contribution < -0.4 is 0 Å². The Labute approximate surface area is 197 Å². The van der Waals surface area contributed by atoms with Crippen LogP contribution in [0.5, 0.6) is 0 Å². The summed E-state index contributed by atoms with van der Waals surface area (Å²) in [4.78, 5) is 0. The van der Waals surface area contributed by atoms with E-state index in [1.807, 2.05) is 0 Å². The van der Waals surface area contributed by atoms with Crippen LogP contribution in [-0.4, -0.2) is 9.13 Å². The topological polar surface area (TPSA) is 9.86 Å². The molecule has 0 N–H and O–H groups in total. The largest absolute Gasteiger partial charge is 0.316 e. The summed E-state index contributed by atoms with van der Waals surface area (Å²) in [6.07, 6.45) is 2.30. The van der Waals surface area contributed by atoms with Gasteiger partial charge < -0.3 is 9.13 Å². The highest BCUT2D eigenvalue weighted by molar-refractivity contribution is 6.18. The van der Waals surface area contributed by atoms with Crippen molar-refractivity contribution in [2.45, 2.75) is 0 Å². The molecule has 2 heteroatoms. The molecule has 34 heavy (non-hydrogen) atoms. The van der Waals surface area contributed by atoms with Gasteiger partial charge in [-0.15, -0.1) is 0 Å². The fourth-order valence-electron chi connectivity index (χ4n) is 5.30. The number of rotatable bonds is 3. The summed E-state index contributed by atoms with van der Waals surface area (Å²) in [5.74, 6) is 0. The zero-order valence-corrected chi connectivity index (χ0v) is 18.6. The average molecular weight is 435 g/mol. The van der Waals surface area contributed by atoms with Gasteiger partial charge in [0.05, 0.1) is 16.6 Å². The maximum atomic E-state index is 2.38. The van der Waals surface area contributed by atoms with E-state index in [0.717, 1.165) is 0 Å². The number of benzene rings is 5. The molecule has 0 radical (unpaired) electrons. The zero-order chi connectivity index (χ0) is 22.5. The van der Waals surface area contributed by atoms with E-state index in [4.69, 9.17) is 0 Å². The van der Waals surface area contributed by atoms with Crippen LogP contribution >= 0.6 is 0 Å². The van der Waals surface area contributed by atoms with Crippen LogP contribution in [0.15, 0.2) is 134 Å². The molecule has 0 aliphatic heterocycles. The van der Waals surface area contributed by atoms with Crippen molar-refractivity contribution in [2.24, 2.45) is 0 Å². The first-order valence-corrected chi connectivity index (χ1v) is 11.6. The van der Waals surface area contributed by atoms with Crippen LogP contribution in [0.3, 0.4) is 0 Å². The fourth-order valence-corrected chi connectivity index (χ4v) is 5.30. The molecule has 0 bridgehead atoms. The van der Waals surface area contributed by atoms with E-state index in [2.05, 4.69) is 143 Å². The summed E-state index contributed by atoms with van der Waals surface area (Å²) in [5.41, 5.74) is 8.52. The molecule has 160 valence electrons. The third kappa shape index (κ3) is 2.76. The summed E-state index contributed by atoms with van der Waals surface area (Å²) >= 11 is 0. The van der Waals surface area contributed by atoms with Crippen molar-refractivity contribution >= 4 is 32.7 Å². The third-order valence-corrected chi connectivity index (χ3v) is 6.75.